The molecular weight excluding hydrogens is 198 g/mol. The smallest absolute Gasteiger partial charge is 0.0544 e. The Morgan fingerprint density at radius 1 is 1.50 bits per heavy atom. The van der Waals surface area contributed by atoms with Crippen LogP contribution in [0.3, 0.4) is 0 Å². The van der Waals surface area contributed by atoms with Crippen LogP contribution in [0.15, 0.2) is 31.0 Å². The van der Waals surface area contributed by atoms with Gasteiger partial charge in [0.2, 0.25) is 0 Å². The molecule has 0 fully saturated rings. The number of hydrogen-bond acceptors (Lipinski definition) is 3. The van der Waals surface area contributed by atoms with Crippen LogP contribution in [0.1, 0.15) is 25.1 Å². The third kappa shape index (κ3) is 3.76. The van der Waals surface area contributed by atoms with Gasteiger partial charge in [-0.05, 0) is 25.5 Å². The van der Waals surface area contributed by atoms with E-state index < -0.39 is 0 Å². The Kier molecular flexibility index (Phi) is 5.15. The van der Waals surface area contributed by atoms with Crippen LogP contribution < -0.4 is 5.73 Å². The topological polar surface area (TPSA) is 42.1 Å². The highest BCUT2D eigenvalue weighted by Gasteiger charge is 2.08. The van der Waals surface area contributed by atoms with Crippen molar-refractivity contribution in [3.8, 4) is 0 Å². The molecule has 3 nitrogen and oxygen atoms in total. The summed E-state index contributed by atoms with van der Waals surface area (Å²) in [4.78, 5) is 6.71. The molecular formula is C13H21N3. The zero-order chi connectivity index (χ0) is 12.0. The van der Waals surface area contributed by atoms with Gasteiger partial charge in [0.25, 0.3) is 0 Å². The molecule has 0 saturated heterocycles. The first kappa shape index (κ1) is 12.9. The minimum absolute atomic E-state index is 0.494. The summed E-state index contributed by atoms with van der Waals surface area (Å²) in [6.45, 7) is 10.4. The minimum atomic E-state index is 0.494. The highest BCUT2D eigenvalue weighted by Crippen LogP contribution is 2.07. The maximum absolute atomic E-state index is 5.53. The summed E-state index contributed by atoms with van der Waals surface area (Å²) in [5.74, 6) is 0. The van der Waals surface area contributed by atoms with Crippen LogP contribution in [0.2, 0.25) is 0 Å². The maximum atomic E-state index is 5.53. The molecule has 1 aromatic heterocycles. The summed E-state index contributed by atoms with van der Waals surface area (Å²) in [5, 5.41) is 0. The average molecular weight is 219 g/mol. The highest BCUT2D eigenvalue weighted by molar-refractivity contribution is 5.13. The number of nitrogens with two attached hydrogens (primary N) is 1. The van der Waals surface area contributed by atoms with E-state index in [0.717, 1.165) is 24.3 Å². The Morgan fingerprint density at radius 3 is 2.69 bits per heavy atom. The van der Waals surface area contributed by atoms with Crippen molar-refractivity contribution in [3.63, 3.8) is 0 Å². The van der Waals surface area contributed by atoms with Crippen molar-refractivity contribution < 1.29 is 0 Å². The lowest BCUT2D eigenvalue weighted by molar-refractivity contribution is 0.234. The lowest BCUT2D eigenvalue weighted by Gasteiger charge is -2.24. The zero-order valence-electron chi connectivity index (χ0n) is 10.2. The van der Waals surface area contributed by atoms with Gasteiger partial charge in [0.05, 0.1) is 5.69 Å². The van der Waals surface area contributed by atoms with E-state index in [1.54, 1.807) is 0 Å². The second-order valence-electron chi connectivity index (χ2n) is 4.17. The summed E-state index contributed by atoms with van der Waals surface area (Å²) in [6.07, 6.45) is 3.77. The van der Waals surface area contributed by atoms with E-state index in [-0.39, 0.29) is 0 Å². The van der Waals surface area contributed by atoms with Crippen molar-refractivity contribution in [2.45, 2.75) is 33.0 Å². The van der Waals surface area contributed by atoms with E-state index in [1.807, 2.05) is 24.4 Å². The fourth-order valence-electron chi connectivity index (χ4n) is 1.50. The van der Waals surface area contributed by atoms with Gasteiger partial charge in [-0.1, -0.05) is 12.1 Å². The largest absolute Gasteiger partial charge is 0.326 e. The molecule has 0 aliphatic carbocycles. The Hall–Kier alpha value is -1.19. The van der Waals surface area contributed by atoms with E-state index in [0.29, 0.717) is 12.6 Å². The molecule has 1 aromatic rings. The van der Waals surface area contributed by atoms with Gasteiger partial charge < -0.3 is 5.73 Å². The van der Waals surface area contributed by atoms with Crippen LogP contribution in [0, 0.1) is 0 Å². The zero-order valence-corrected chi connectivity index (χ0v) is 10.2. The predicted molar refractivity (Wildman–Crippen MR) is 67.9 cm³/mol. The molecule has 0 bridgehead atoms. The summed E-state index contributed by atoms with van der Waals surface area (Å²) >= 11 is 0. The van der Waals surface area contributed by atoms with Gasteiger partial charge in [0, 0.05) is 31.9 Å². The molecule has 16 heavy (non-hydrogen) atoms. The predicted octanol–water partition coefficient (Wildman–Crippen LogP) is 1.94. The van der Waals surface area contributed by atoms with Crippen molar-refractivity contribution in [2.24, 2.45) is 5.73 Å². The molecule has 3 heteroatoms. The Morgan fingerprint density at radius 2 is 2.25 bits per heavy atom. The standard InChI is InChI=1S/C13H21N3/c1-4-7-16(11(2)3)10-13-6-5-12(8-14)9-15-13/h4-6,9,11H,1,7-8,10,14H2,2-3H3. The number of nitrogens with zero attached hydrogens (tertiary/aromatic N) is 2. The monoisotopic (exact) mass is 219 g/mol. The molecule has 0 spiro atoms. The van der Waals surface area contributed by atoms with Crippen molar-refractivity contribution in [1.82, 2.24) is 9.88 Å². The maximum Gasteiger partial charge on any atom is 0.0544 e. The number of pyridine rings is 1. The second kappa shape index (κ2) is 6.40. The molecule has 0 aliphatic heterocycles. The third-order valence-corrected chi connectivity index (χ3v) is 2.58. The van der Waals surface area contributed by atoms with E-state index in [1.165, 1.54) is 0 Å². The van der Waals surface area contributed by atoms with Crippen molar-refractivity contribution in [2.75, 3.05) is 6.54 Å². The van der Waals surface area contributed by atoms with E-state index in [9.17, 15) is 0 Å². The van der Waals surface area contributed by atoms with Crippen LogP contribution in [0.5, 0.6) is 0 Å². The molecule has 0 aliphatic rings. The van der Waals surface area contributed by atoms with Crippen LogP contribution in [0.25, 0.3) is 0 Å². The van der Waals surface area contributed by atoms with Gasteiger partial charge in [0.15, 0.2) is 0 Å². The van der Waals surface area contributed by atoms with Crippen molar-refractivity contribution in [1.29, 1.82) is 0 Å². The van der Waals surface area contributed by atoms with Gasteiger partial charge in [-0.15, -0.1) is 6.58 Å². The molecule has 88 valence electrons. The normalized spacial score (nSPS) is 11.1. The van der Waals surface area contributed by atoms with Gasteiger partial charge in [-0.2, -0.15) is 0 Å². The summed E-state index contributed by atoms with van der Waals surface area (Å²) in [5.41, 5.74) is 7.68. The van der Waals surface area contributed by atoms with Crippen molar-refractivity contribution >= 4 is 0 Å². The Balaban J connectivity index is 2.65. The minimum Gasteiger partial charge on any atom is -0.326 e. The SMILES string of the molecule is C=CCN(Cc1ccc(CN)cn1)C(C)C. The molecule has 0 radical (unpaired) electrons. The van der Waals surface area contributed by atoms with Crippen LogP contribution in [-0.2, 0) is 13.1 Å². The van der Waals surface area contributed by atoms with Crippen LogP contribution in [-0.4, -0.2) is 22.5 Å². The summed E-state index contributed by atoms with van der Waals surface area (Å²) in [6, 6.07) is 4.57. The molecule has 0 atom stereocenters. The lowest BCUT2D eigenvalue weighted by Crippen LogP contribution is -2.30. The average Bonchev–Trinajstić information content (AvgIpc) is 2.29. The van der Waals surface area contributed by atoms with Crippen LogP contribution >= 0.6 is 0 Å². The van der Waals surface area contributed by atoms with Crippen LogP contribution in [0.4, 0.5) is 0 Å². The Labute approximate surface area is 98.0 Å². The first-order valence-corrected chi connectivity index (χ1v) is 5.66. The highest BCUT2D eigenvalue weighted by atomic mass is 15.1. The number of hydrogen-bond donors (Lipinski definition) is 1. The molecule has 0 amide bonds. The first-order chi connectivity index (χ1) is 7.67. The Bertz CT molecular complexity index is 316. The molecule has 0 aromatic carbocycles. The number of aromatic nitrogens is 1. The third-order valence-electron chi connectivity index (χ3n) is 2.58. The molecule has 0 unspecified atom stereocenters. The first-order valence-electron chi connectivity index (χ1n) is 5.66. The van der Waals surface area contributed by atoms with E-state index in [4.69, 9.17) is 5.73 Å². The van der Waals surface area contributed by atoms with Gasteiger partial charge >= 0.3 is 0 Å². The quantitative estimate of drug-likeness (QED) is 0.743. The fraction of sp³-hybridized carbons (Fsp3) is 0.462. The van der Waals surface area contributed by atoms with E-state index in [2.05, 4.69) is 30.3 Å². The van der Waals surface area contributed by atoms with E-state index >= 15 is 0 Å². The molecule has 0 saturated carbocycles. The molecule has 2 N–H and O–H groups in total. The lowest BCUT2D eigenvalue weighted by atomic mass is 10.2. The van der Waals surface area contributed by atoms with Crippen molar-refractivity contribution in [3.05, 3.63) is 42.2 Å². The number of rotatable bonds is 6. The summed E-state index contributed by atoms with van der Waals surface area (Å²) in [7, 11) is 0. The second-order valence-corrected chi connectivity index (χ2v) is 4.17. The van der Waals surface area contributed by atoms with Gasteiger partial charge in [-0.3, -0.25) is 9.88 Å². The van der Waals surface area contributed by atoms with Gasteiger partial charge in [0.1, 0.15) is 0 Å². The summed E-state index contributed by atoms with van der Waals surface area (Å²) < 4.78 is 0. The van der Waals surface area contributed by atoms with Gasteiger partial charge in [-0.25, -0.2) is 0 Å². The fourth-order valence-corrected chi connectivity index (χ4v) is 1.50. The molecule has 1 heterocycles. The molecule has 1 rings (SSSR count).